The van der Waals surface area contributed by atoms with Gasteiger partial charge in [0.2, 0.25) is 5.91 Å². The van der Waals surface area contributed by atoms with Gasteiger partial charge in [0.15, 0.2) is 0 Å². The number of rotatable bonds is 6. The van der Waals surface area contributed by atoms with E-state index < -0.39 is 0 Å². The normalized spacial score (nSPS) is 11.6. The molecule has 3 rings (SSSR count). The summed E-state index contributed by atoms with van der Waals surface area (Å²) < 4.78 is 0. The molecule has 0 spiro atoms. The monoisotopic (exact) mass is 360 g/mol. The Morgan fingerprint density at radius 1 is 1.00 bits per heavy atom. The number of anilines is 2. The molecule has 3 nitrogen and oxygen atoms in total. The maximum atomic E-state index is 12.9. The van der Waals surface area contributed by atoms with E-state index in [0.29, 0.717) is 6.42 Å². The maximum Gasteiger partial charge on any atom is 0.231 e. The average molecular weight is 361 g/mol. The third-order valence-corrected chi connectivity index (χ3v) is 5.34. The Kier molecular flexibility index (Phi) is 5.59. The maximum absolute atomic E-state index is 12.9. The number of benzene rings is 2. The quantitative estimate of drug-likeness (QED) is 0.510. The lowest BCUT2D eigenvalue weighted by atomic mass is 9.82. The van der Waals surface area contributed by atoms with Crippen molar-refractivity contribution in [3.8, 4) is 0 Å². The molecule has 1 amide bonds. The van der Waals surface area contributed by atoms with Gasteiger partial charge >= 0.3 is 0 Å². The molecular weight excluding hydrogens is 332 g/mol. The number of para-hydroxylation sites is 1. The molecule has 0 N–H and O–H groups in total. The molecule has 0 atom stereocenters. The molecule has 1 heterocycles. The van der Waals surface area contributed by atoms with Crippen LogP contribution >= 0.6 is 0 Å². The summed E-state index contributed by atoms with van der Waals surface area (Å²) in [5.74, 6) is 0.0945. The van der Waals surface area contributed by atoms with Crippen LogP contribution in [-0.2, 0) is 10.2 Å². The summed E-state index contributed by atoms with van der Waals surface area (Å²) in [5.41, 5.74) is 4.05. The van der Waals surface area contributed by atoms with Crippen molar-refractivity contribution >= 4 is 28.2 Å². The van der Waals surface area contributed by atoms with Crippen molar-refractivity contribution in [2.45, 2.75) is 52.4 Å². The fourth-order valence-corrected chi connectivity index (χ4v) is 3.21. The lowest BCUT2D eigenvalue weighted by Gasteiger charge is -2.26. The zero-order valence-corrected chi connectivity index (χ0v) is 16.7. The van der Waals surface area contributed by atoms with Gasteiger partial charge in [0.1, 0.15) is 0 Å². The van der Waals surface area contributed by atoms with Gasteiger partial charge in [-0.15, -0.1) is 0 Å². The fourth-order valence-electron chi connectivity index (χ4n) is 3.21. The zero-order valence-electron chi connectivity index (χ0n) is 16.7. The second kappa shape index (κ2) is 7.91. The number of amides is 1. The minimum absolute atomic E-state index is 0.0945. The highest BCUT2D eigenvalue weighted by atomic mass is 16.2. The van der Waals surface area contributed by atoms with E-state index in [2.05, 4.69) is 50.0 Å². The third kappa shape index (κ3) is 4.02. The van der Waals surface area contributed by atoms with Crippen LogP contribution < -0.4 is 4.90 Å². The molecule has 27 heavy (non-hydrogen) atoms. The number of aromatic nitrogens is 1. The van der Waals surface area contributed by atoms with Gasteiger partial charge in [-0.2, -0.15) is 0 Å². The van der Waals surface area contributed by atoms with E-state index in [-0.39, 0.29) is 11.3 Å². The van der Waals surface area contributed by atoms with Crippen molar-refractivity contribution in [1.82, 2.24) is 4.98 Å². The standard InChI is InChI=1S/C24H28N2O/c1-5-9-23(27)26(20-14-12-19(13-15-20)24(3,4)6-2)21-16-18-10-7-8-11-22(18)25-17-21/h7-8,10-17H,5-6,9H2,1-4H3. The summed E-state index contributed by atoms with van der Waals surface area (Å²) in [5, 5.41) is 1.04. The second-order valence-corrected chi connectivity index (χ2v) is 7.65. The van der Waals surface area contributed by atoms with Crippen LogP contribution in [0.3, 0.4) is 0 Å². The Labute approximate surface area is 162 Å². The van der Waals surface area contributed by atoms with Crippen molar-refractivity contribution in [3.63, 3.8) is 0 Å². The van der Waals surface area contributed by atoms with E-state index >= 15 is 0 Å². The Morgan fingerprint density at radius 3 is 2.37 bits per heavy atom. The minimum atomic E-state index is 0.0945. The Morgan fingerprint density at radius 2 is 1.70 bits per heavy atom. The number of pyridine rings is 1. The Hall–Kier alpha value is -2.68. The van der Waals surface area contributed by atoms with E-state index in [9.17, 15) is 4.79 Å². The minimum Gasteiger partial charge on any atom is -0.279 e. The van der Waals surface area contributed by atoms with Crippen molar-refractivity contribution in [2.24, 2.45) is 0 Å². The van der Waals surface area contributed by atoms with Gasteiger partial charge in [-0.1, -0.05) is 58.0 Å². The SMILES string of the molecule is CCCC(=O)N(c1ccc(C(C)(C)CC)cc1)c1cnc2ccccc2c1. The number of carbonyl (C=O) groups excluding carboxylic acids is 1. The van der Waals surface area contributed by atoms with Gasteiger partial charge in [0, 0.05) is 17.5 Å². The number of nitrogens with zero attached hydrogens (tertiary/aromatic N) is 2. The molecule has 3 aromatic rings. The smallest absolute Gasteiger partial charge is 0.231 e. The van der Waals surface area contributed by atoms with Crippen LogP contribution in [-0.4, -0.2) is 10.9 Å². The summed E-state index contributed by atoms with van der Waals surface area (Å²) in [4.78, 5) is 19.3. The van der Waals surface area contributed by atoms with Gasteiger partial charge in [0.25, 0.3) is 0 Å². The van der Waals surface area contributed by atoms with Crippen LogP contribution in [0.25, 0.3) is 10.9 Å². The number of fused-ring (bicyclic) bond motifs is 1. The van der Waals surface area contributed by atoms with Crippen LogP contribution in [0.2, 0.25) is 0 Å². The van der Waals surface area contributed by atoms with Crippen LogP contribution in [0, 0.1) is 0 Å². The van der Waals surface area contributed by atoms with Crippen molar-refractivity contribution in [2.75, 3.05) is 4.90 Å². The molecule has 0 saturated heterocycles. The third-order valence-electron chi connectivity index (χ3n) is 5.34. The summed E-state index contributed by atoms with van der Waals surface area (Å²) in [6, 6.07) is 18.4. The van der Waals surface area contributed by atoms with E-state index in [1.165, 1.54) is 5.56 Å². The number of hydrogen-bond acceptors (Lipinski definition) is 2. The lowest BCUT2D eigenvalue weighted by Crippen LogP contribution is -2.26. The summed E-state index contributed by atoms with van der Waals surface area (Å²) >= 11 is 0. The summed E-state index contributed by atoms with van der Waals surface area (Å²) in [7, 11) is 0. The van der Waals surface area contributed by atoms with Crippen LogP contribution in [0.4, 0.5) is 11.4 Å². The summed E-state index contributed by atoms with van der Waals surface area (Å²) in [6.07, 6.45) is 4.19. The number of hydrogen-bond donors (Lipinski definition) is 0. The van der Waals surface area contributed by atoms with Gasteiger partial charge in [0.05, 0.1) is 17.4 Å². The molecule has 1 aromatic heterocycles. The molecule has 0 saturated carbocycles. The first-order chi connectivity index (χ1) is 13.0. The molecule has 0 unspecified atom stereocenters. The zero-order chi connectivity index (χ0) is 19.4. The molecule has 0 aliphatic carbocycles. The second-order valence-electron chi connectivity index (χ2n) is 7.65. The predicted molar refractivity (Wildman–Crippen MR) is 114 cm³/mol. The van der Waals surface area contributed by atoms with Crippen molar-refractivity contribution in [3.05, 3.63) is 66.4 Å². The Bertz CT molecular complexity index is 929. The molecular formula is C24H28N2O. The highest BCUT2D eigenvalue weighted by molar-refractivity contribution is 6.01. The molecule has 0 fully saturated rings. The Balaban J connectivity index is 2.04. The molecule has 3 heteroatoms. The van der Waals surface area contributed by atoms with E-state index in [1.807, 2.05) is 37.3 Å². The average Bonchev–Trinajstić information content (AvgIpc) is 2.69. The first-order valence-electron chi connectivity index (χ1n) is 9.74. The first kappa shape index (κ1) is 19.1. The van der Waals surface area contributed by atoms with Crippen molar-refractivity contribution < 1.29 is 4.79 Å². The lowest BCUT2D eigenvalue weighted by molar-refractivity contribution is -0.117. The predicted octanol–water partition coefficient (Wildman–Crippen LogP) is 6.39. The van der Waals surface area contributed by atoms with Gasteiger partial charge in [-0.25, -0.2) is 0 Å². The highest BCUT2D eigenvalue weighted by Gasteiger charge is 2.21. The van der Waals surface area contributed by atoms with Gasteiger partial charge in [-0.05, 0) is 48.1 Å². The topological polar surface area (TPSA) is 33.2 Å². The van der Waals surface area contributed by atoms with Crippen LogP contribution in [0.15, 0.2) is 60.8 Å². The fraction of sp³-hybridized carbons (Fsp3) is 0.333. The highest BCUT2D eigenvalue weighted by Crippen LogP contribution is 2.32. The molecule has 0 aliphatic heterocycles. The van der Waals surface area contributed by atoms with E-state index in [4.69, 9.17) is 0 Å². The molecule has 0 radical (unpaired) electrons. The number of carbonyl (C=O) groups is 1. The largest absolute Gasteiger partial charge is 0.279 e. The van der Waals surface area contributed by atoms with E-state index in [1.54, 1.807) is 11.1 Å². The van der Waals surface area contributed by atoms with Gasteiger partial charge in [-0.3, -0.25) is 14.7 Å². The molecule has 2 aromatic carbocycles. The van der Waals surface area contributed by atoms with Crippen LogP contribution in [0.1, 0.15) is 52.5 Å². The molecule has 0 bridgehead atoms. The van der Waals surface area contributed by atoms with Crippen molar-refractivity contribution in [1.29, 1.82) is 0 Å². The van der Waals surface area contributed by atoms with Crippen LogP contribution in [0.5, 0.6) is 0 Å². The summed E-state index contributed by atoms with van der Waals surface area (Å²) in [6.45, 7) is 8.72. The first-order valence-corrected chi connectivity index (χ1v) is 9.74. The van der Waals surface area contributed by atoms with E-state index in [0.717, 1.165) is 35.1 Å². The molecule has 140 valence electrons. The molecule has 0 aliphatic rings. The van der Waals surface area contributed by atoms with Gasteiger partial charge < -0.3 is 0 Å².